The maximum absolute atomic E-state index is 14.5. The van der Waals surface area contributed by atoms with Crippen molar-refractivity contribution in [3.05, 3.63) is 129 Å². The molecule has 0 unspecified atom stereocenters. The van der Waals surface area contributed by atoms with E-state index in [1.165, 1.54) is 23.1 Å². The van der Waals surface area contributed by atoms with Crippen molar-refractivity contribution >= 4 is 50.7 Å². The molecular formula is C35H34Cl2F3N3O4S. The Labute approximate surface area is 288 Å². The standard InChI is InChI=1S/C35H34Cl2F3N3O4S/c1-3-19-41-34(45)32(20-25-9-5-4-6-10-25)42(22-29-30(36)13-8-14-31(29)37)33(44)23-43(27-12-7-11-26(21-27)35(38,39)40)48(46,47)28-17-15-24(2)16-18-28/h4-18,21,32H,3,19-20,22-23H2,1-2H3,(H,41,45)/t32-/m0/s1. The quantitative estimate of drug-likeness (QED) is 0.154. The number of hydrogen-bond donors (Lipinski definition) is 1. The topological polar surface area (TPSA) is 86.8 Å². The molecule has 0 saturated heterocycles. The number of carbonyl (C=O) groups excluding carboxylic acids is 2. The minimum atomic E-state index is -4.79. The van der Waals surface area contributed by atoms with Crippen LogP contribution in [0.5, 0.6) is 0 Å². The number of sulfonamides is 1. The van der Waals surface area contributed by atoms with E-state index >= 15 is 0 Å². The van der Waals surface area contributed by atoms with Gasteiger partial charge in [-0.3, -0.25) is 13.9 Å². The van der Waals surface area contributed by atoms with Gasteiger partial charge in [-0.25, -0.2) is 8.42 Å². The van der Waals surface area contributed by atoms with Crippen LogP contribution < -0.4 is 9.62 Å². The van der Waals surface area contributed by atoms with Crippen molar-refractivity contribution in [3.63, 3.8) is 0 Å². The summed E-state index contributed by atoms with van der Waals surface area (Å²) in [7, 11) is -4.60. The van der Waals surface area contributed by atoms with Crippen LogP contribution in [0.25, 0.3) is 0 Å². The number of rotatable bonds is 13. The second-order valence-corrected chi connectivity index (χ2v) is 13.8. The molecule has 0 spiro atoms. The lowest BCUT2D eigenvalue weighted by molar-refractivity contribution is -0.140. The van der Waals surface area contributed by atoms with Gasteiger partial charge in [0, 0.05) is 35.1 Å². The average molecular weight is 721 g/mol. The zero-order chi connectivity index (χ0) is 35.1. The Balaban J connectivity index is 1.87. The molecule has 254 valence electrons. The highest BCUT2D eigenvalue weighted by molar-refractivity contribution is 7.92. The summed E-state index contributed by atoms with van der Waals surface area (Å²) in [6.45, 7) is 2.68. The van der Waals surface area contributed by atoms with Gasteiger partial charge in [-0.15, -0.1) is 0 Å². The molecular weight excluding hydrogens is 686 g/mol. The van der Waals surface area contributed by atoms with E-state index in [0.29, 0.717) is 34.5 Å². The summed E-state index contributed by atoms with van der Waals surface area (Å²) in [6.07, 6.45) is -4.14. The van der Waals surface area contributed by atoms with Crippen molar-refractivity contribution in [3.8, 4) is 0 Å². The number of halogens is 5. The van der Waals surface area contributed by atoms with E-state index in [2.05, 4.69) is 5.32 Å². The summed E-state index contributed by atoms with van der Waals surface area (Å²) in [5, 5.41) is 3.22. The minimum Gasteiger partial charge on any atom is -0.354 e. The lowest BCUT2D eigenvalue weighted by atomic mass is 10.0. The molecule has 48 heavy (non-hydrogen) atoms. The molecule has 0 radical (unpaired) electrons. The van der Waals surface area contributed by atoms with Gasteiger partial charge in [0.1, 0.15) is 12.6 Å². The van der Waals surface area contributed by atoms with Crippen molar-refractivity contribution in [1.29, 1.82) is 0 Å². The van der Waals surface area contributed by atoms with Gasteiger partial charge in [0.25, 0.3) is 10.0 Å². The van der Waals surface area contributed by atoms with E-state index in [4.69, 9.17) is 23.2 Å². The highest BCUT2D eigenvalue weighted by Gasteiger charge is 2.37. The van der Waals surface area contributed by atoms with Gasteiger partial charge < -0.3 is 10.2 Å². The van der Waals surface area contributed by atoms with E-state index < -0.39 is 46.2 Å². The summed E-state index contributed by atoms with van der Waals surface area (Å²) in [4.78, 5) is 29.2. The normalized spacial score (nSPS) is 12.3. The predicted molar refractivity (Wildman–Crippen MR) is 181 cm³/mol. The number of benzene rings is 4. The number of carbonyl (C=O) groups is 2. The Morgan fingerprint density at radius 1 is 0.875 bits per heavy atom. The third-order valence-corrected chi connectivity index (χ3v) is 10.1. The molecule has 7 nitrogen and oxygen atoms in total. The van der Waals surface area contributed by atoms with E-state index in [9.17, 15) is 31.2 Å². The van der Waals surface area contributed by atoms with Crippen LogP contribution in [0.1, 0.15) is 35.6 Å². The molecule has 1 atom stereocenters. The predicted octanol–water partition coefficient (Wildman–Crippen LogP) is 7.68. The van der Waals surface area contributed by atoms with Gasteiger partial charge in [0.2, 0.25) is 11.8 Å². The molecule has 1 N–H and O–H groups in total. The SMILES string of the molecule is CCCNC(=O)[C@H](Cc1ccccc1)N(Cc1c(Cl)cccc1Cl)C(=O)CN(c1cccc(C(F)(F)F)c1)S(=O)(=O)c1ccc(C)cc1. The number of hydrogen-bond acceptors (Lipinski definition) is 4. The summed E-state index contributed by atoms with van der Waals surface area (Å²) >= 11 is 13.0. The first-order valence-corrected chi connectivity index (χ1v) is 17.2. The fraction of sp³-hybridized carbons (Fsp3) is 0.257. The van der Waals surface area contributed by atoms with Crippen LogP contribution in [0.4, 0.5) is 18.9 Å². The van der Waals surface area contributed by atoms with Crippen molar-refractivity contribution in [2.45, 2.75) is 50.3 Å². The van der Waals surface area contributed by atoms with Crippen LogP contribution in [0.2, 0.25) is 10.0 Å². The molecule has 0 aliphatic carbocycles. The van der Waals surface area contributed by atoms with E-state index in [0.717, 1.165) is 17.7 Å². The minimum absolute atomic E-state index is 0.0401. The number of nitrogens with one attached hydrogen (secondary N) is 1. The second kappa shape index (κ2) is 15.9. The number of nitrogens with zero attached hydrogens (tertiary/aromatic N) is 2. The molecule has 4 aromatic rings. The summed E-state index contributed by atoms with van der Waals surface area (Å²) in [5.74, 6) is -1.38. The number of anilines is 1. The Bertz CT molecular complexity index is 1820. The van der Waals surface area contributed by atoms with Crippen LogP contribution in [-0.4, -0.2) is 44.3 Å². The van der Waals surface area contributed by atoms with Crippen LogP contribution >= 0.6 is 23.2 Å². The van der Waals surface area contributed by atoms with Crippen molar-refractivity contribution < 1.29 is 31.2 Å². The van der Waals surface area contributed by atoms with Crippen molar-refractivity contribution in [2.75, 3.05) is 17.4 Å². The Morgan fingerprint density at radius 3 is 2.10 bits per heavy atom. The maximum Gasteiger partial charge on any atom is 0.416 e. The number of alkyl halides is 3. The molecule has 2 amide bonds. The fourth-order valence-electron chi connectivity index (χ4n) is 4.98. The molecule has 13 heteroatoms. The summed E-state index contributed by atoms with van der Waals surface area (Å²) in [5.41, 5.74) is 0.281. The van der Waals surface area contributed by atoms with Gasteiger partial charge in [-0.2, -0.15) is 13.2 Å². The zero-order valence-electron chi connectivity index (χ0n) is 26.2. The molecule has 0 aliphatic heterocycles. The molecule has 4 aromatic carbocycles. The van der Waals surface area contributed by atoms with Gasteiger partial charge in [0.05, 0.1) is 16.1 Å². The average Bonchev–Trinajstić information content (AvgIpc) is 3.05. The monoisotopic (exact) mass is 719 g/mol. The Kier molecular flexibility index (Phi) is 12.2. The Morgan fingerprint density at radius 2 is 1.50 bits per heavy atom. The molecule has 0 bridgehead atoms. The smallest absolute Gasteiger partial charge is 0.354 e. The first-order valence-electron chi connectivity index (χ1n) is 15.0. The lowest BCUT2D eigenvalue weighted by Crippen LogP contribution is -2.53. The third kappa shape index (κ3) is 9.09. The zero-order valence-corrected chi connectivity index (χ0v) is 28.5. The van der Waals surface area contributed by atoms with Crippen LogP contribution in [-0.2, 0) is 38.8 Å². The fourth-order valence-corrected chi connectivity index (χ4v) is 6.90. The van der Waals surface area contributed by atoms with Gasteiger partial charge >= 0.3 is 6.18 Å². The van der Waals surface area contributed by atoms with Crippen LogP contribution in [0, 0.1) is 6.92 Å². The second-order valence-electron chi connectivity index (χ2n) is 11.1. The number of amides is 2. The summed E-state index contributed by atoms with van der Waals surface area (Å²) < 4.78 is 70.2. The van der Waals surface area contributed by atoms with Gasteiger partial charge in [-0.05, 0) is 61.4 Å². The molecule has 4 rings (SSSR count). The molecule has 0 aromatic heterocycles. The van der Waals surface area contributed by atoms with Crippen LogP contribution in [0.3, 0.4) is 0 Å². The van der Waals surface area contributed by atoms with E-state index in [1.807, 2.05) is 6.92 Å². The van der Waals surface area contributed by atoms with Crippen molar-refractivity contribution in [1.82, 2.24) is 10.2 Å². The van der Waals surface area contributed by atoms with Crippen LogP contribution in [0.15, 0.2) is 102 Å². The molecule has 0 fully saturated rings. The lowest BCUT2D eigenvalue weighted by Gasteiger charge is -2.34. The summed E-state index contributed by atoms with van der Waals surface area (Å²) in [6, 6.07) is 21.9. The number of aryl methyl sites for hydroxylation is 1. The van der Waals surface area contributed by atoms with E-state index in [-0.39, 0.29) is 33.6 Å². The largest absolute Gasteiger partial charge is 0.416 e. The van der Waals surface area contributed by atoms with Gasteiger partial charge in [0.15, 0.2) is 0 Å². The highest BCUT2D eigenvalue weighted by atomic mass is 35.5. The van der Waals surface area contributed by atoms with Gasteiger partial charge in [-0.1, -0.05) is 90.3 Å². The molecule has 0 aliphatic rings. The molecule has 0 heterocycles. The Hall–Kier alpha value is -4.06. The highest BCUT2D eigenvalue weighted by Crippen LogP contribution is 2.34. The first-order chi connectivity index (χ1) is 22.7. The third-order valence-electron chi connectivity index (χ3n) is 7.56. The first kappa shape index (κ1) is 36.8. The van der Waals surface area contributed by atoms with Crippen molar-refractivity contribution in [2.24, 2.45) is 0 Å². The maximum atomic E-state index is 14.5. The van der Waals surface area contributed by atoms with E-state index in [1.54, 1.807) is 67.6 Å². The molecule has 0 saturated carbocycles.